The minimum Gasteiger partial charge on any atom is -0.497 e. The molecule has 0 aromatic heterocycles. The van der Waals surface area contributed by atoms with Gasteiger partial charge in [0.1, 0.15) is 16.2 Å². The van der Waals surface area contributed by atoms with Crippen LogP contribution in [0.2, 0.25) is 5.02 Å². The van der Waals surface area contributed by atoms with Crippen LogP contribution >= 0.6 is 11.6 Å². The lowest BCUT2D eigenvalue weighted by atomic mass is 10.1. The van der Waals surface area contributed by atoms with E-state index in [4.69, 9.17) is 25.3 Å². The van der Waals surface area contributed by atoms with Gasteiger partial charge in [-0.1, -0.05) is 29.3 Å². The molecule has 39 heavy (non-hydrogen) atoms. The minimum absolute atomic E-state index is 0.0284. The lowest BCUT2D eigenvalue weighted by molar-refractivity contribution is -0.122. The van der Waals surface area contributed by atoms with E-state index < -0.39 is 28.0 Å². The quantitative estimate of drug-likeness (QED) is 0.238. The van der Waals surface area contributed by atoms with Crippen molar-refractivity contribution >= 4 is 51.3 Å². The van der Waals surface area contributed by atoms with Crippen molar-refractivity contribution in [2.75, 3.05) is 18.6 Å². The van der Waals surface area contributed by atoms with Gasteiger partial charge in [0.15, 0.2) is 5.75 Å². The van der Waals surface area contributed by atoms with Gasteiger partial charge in [0.05, 0.1) is 24.4 Å². The van der Waals surface area contributed by atoms with E-state index in [0.717, 1.165) is 10.5 Å². The summed E-state index contributed by atoms with van der Waals surface area (Å²) in [5.74, 6) is -1.55. The summed E-state index contributed by atoms with van der Waals surface area (Å²) in [6.45, 7) is 3.63. The van der Waals surface area contributed by atoms with Crippen molar-refractivity contribution in [1.82, 2.24) is 5.32 Å². The van der Waals surface area contributed by atoms with Gasteiger partial charge in [0.25, 0.3) is 11.8 Å². The van der Waals surface area contributed by atoms with E-state index in [2.05, 4.69) is 5.32 Å². The number of methoxy groups -OCH3 is 1. The molecule has 3 aromatic carbocycles. The van der Waals surface area contributed by atoms with E-state index in [1.165, 1.54) is 49.6 Å². The molecule has 0 unspecified atom stereocenters. The first-order chi connectivity index (χ1) is 18.5. The van der Waals surface area contributed by atoms with Crippen LogP contribution in [0.5, 0.6) is 17.2 Å². The molecule has 202 valence electrons. The van der Waals surface area contributed by atoms with Crippen LogP contribution in [0, 0.1) is 6.92 Å². The van der Waals surface area contributed by atoms with Gasteiger partial charge in [-0.2, -0.15) is 8.42 Å². The van der Waals surface area contributed by atoms with Gasteiger partial charge in [0, 0.05) is 0 Å². The first-order valence-corrected chi connectivity index (χ1v) is 13.4. The van der Waals surface area contributed by atoms with Crippen LogP contribution in [0.1, 0.15) is 18.1 Å². The molecule has 1 N–H and O–H groups in total. The molecule has 1 heterocycles. The molecular weight excluding hydrogens is 548 g/mol. The number of carbonyl (C=O) groups is 3. The topological polar surface area (TPSA) is 128 Å². The summed E-state index contributed by atoms with van der Waals surface area (Å²) < 4.78 is 41.7. The number of nitrogens with one attached hydrogen (secondary N) is 1. The lowest BCUT2D eigenvalue weighted by Crippen LogP contribution is -2.54. The molecule has 0 atom stereocenters. The number of barbiturate groups is 1. The maximum atomic E-state index is 13.2. The molecule has 1 saturated heterocycles. The van der Waals surface area contributed by atoms with Crippen LogP contribution in [-0.2, 0) is 19.7 Å². The average Bonchev–Trinajstić information content (AvgIpc) is 2.89. The molecule has 0 radical (unpaired) electrons. The molecule has 0 saturated carbocycles. The third-order valence-corrected chi connectivity index (χ3v) is 7.09. The Balaban J connectivity index is 1.70. The Morgan fingerprint density at radius 1 is 1.00 bits per heavy atom. The Kier molecular flexibility index (Phi) is 7.93. The van der Waals surface area contributed by atoms with Gasteiger partial charge < -0.3 is 13.7 Å². The molecule has 0 bridgehead atoms. The van der Waals surface area contributed by atoms with E-state index >= 15 is 0 Å². The molecule has 10 nitrogen and oxygen atoms in total. The fraction of sp³-hybridized carbons (Fsp3) is 0.148. The van der Waals surface area contributed by atoms with Gasteiger partial charge in [-0.15, -0.1) is 0 Å². The molecule has 4 amide bonds. The van der Waals surface area contributed by atoms with Crippen LogP contribution in [0.4, 0.5) is 10.5 Å². The molecule has 0 spiro atoms. The number of rotatable bonds is 8. The fourth-order valence-corrected chi connectivity index (χ4v) is 4.93. The Labute approximate surface area is 229 Å². The van der Waals surface area contributed by atoms with Crippen LogP contribution < -0.4 is 23.9 Å². The van der Waals surface area contributed by atoms with Crippen molar-refractivity contribution in [3.63, 3.8) is 0 Å². The number of imide groups is 2. The summed E-state index contributed by atoms with van der Waals surface area (Å²) in [5.41, 5.74) is 0.957. The molecule has 1 aliphatic heterocycles. The molecule has 4 rings (SSSR count). The molecule has 1 aliphatic rings. The first kappa shape index (κ1) is 27.7. The van der Waals surface area contributed by atoms with Gasteiger partial charge in [-0.3, -0.25) is 14.9 Å². The highest BCUT2D eigenvalue weighted by Gasteiger charge is 2.37. The maximum absolute atomic E-state index is 13.2. The summed E-state index contributed by atoms with van der Waals surface area (Å²) in [4.78, 5) is 39.0. The van der Waals surface area contributed by atoms with Crippen LogP contribution in [0.3, 0.4) is 0 Å². The number of benzene rings is 3. The van der Waals surface area contributed by atoms with Crippen molar-refractivity contribution in [2.45, 2.75) is 18.7 Å². The predicted octanol–water partition coefficient (Wildman–Crippen LogP) is 4.49. The zero-order valence-electron chi connectivity index (χ0n) is 21.1. The van der Waals surface area contributed by atoms with Crippen molar-refractivity contribution in [3.8, 4) is 17.2 Å². The van der Waals surface area contributed by atoms with Crippen molar-refractivity contribution in [1.29, 1.82) is 0 Å². The SMILES string of the molecule is CCOc1cc(/C=C2\C(=O)NC(=O)N(c3ccc(OC)cc3)C2=O)cc(Cl)c1OS(=O)(=O)c1ccc(C)cc1. The van der Waals surface area contributed by atoms with E-state index in [9.17, 15) is 22.8 Å². The number of anilines is 1. The van der Waals surface area contributed by atoms with Crippen molar-refractivity contribution < 1.29 is 36.5 Å². The van der Waals surface area contributed by atoms with E-state index in [0.29, 0.717) is 5.75 Å². The standard InChI is InChI=1S/C27H23ClN2O8S/c1-4-37-23-15-17(14-22(28)24(23)38-39(34,35)20-11-5-16(2)6-12-20)13-21-25(31)29-27(33)30(26(21)32)18-7-9-19(36-3)10-8-18/h5-15H,4H2,1-3H3,(H,29,31,33)/b21-13+. The van der Waals surface area contributed by atoms with Crippen LogP contribution in [-0.4, -0.2) is 40.0 Å². The number of urea groups is 1. The first-order valence-electron chi connectivity index (χ1n) is 11.6. The number of hydrogen-bond acceptors (Lipinski definition) is 8. The van der Waals surface area contributed by atoms with Gasteiger partial charge in [-0.25, -0.2) is 9.69 Å². The predicted molar refractivity (Wildman–Crippen MR) is 144 cm³/mol. The Morgan fingerprint density at radius 2 is 1.67 bits per heavy atom. The summed E-state index contributed by atoms with van der Waals surface area (Å²) in [5, 5.41) is 1.99. The van der Waals surface area contributed by atoms with Crippen LogP contribution in [0.15, 0.2) is 71.1 Å². The smallest absolute Gasteiger partial charge is 0.339 e. The highest BCUT2D eigenvalue weighted by atomic mass is 35.5. The number of ether oxygens (including phenoxy) is 2. The Bertz CT molecular complexity index is 1580. The Hall–Kier alpha value is -4.35. The molecule has 0 aliphatic carbocycles. The van der Waals surface area contributed by atoms with Crippen molar-refractivity contribution in [3.05, 3.63) is 82.4 Å². The second kappa shape index (κ2) is 11.2. The monoisotopic (exact) mass is 570 g/mol. The van der Waals surface area contributed by atoms with E-state index in [1.807, 2.05) is 6.92 Å². The summed E-state index contributed by atoms with van der Waals surface area (Å²) in [6, 6.07) is 13.9. The average molecular weight is 571 g/mol. The van der Waals surface area contributed by atoms with Gasteiger partial charge in [-0.05, 0) is 74.0 Å². The van der Waals surface area contributed by atoms with Gasteiger partial charge >= 0.3 is 16.1 Å². The molecule has 1 fully saturated rings. The number of amides is 4. The minimum atomic E-state index is -4.25. The number of nitrogens with zero attached hydrogens (tertiary/aromatic N) is 1. The van der Waals surface area contributed by atoms with Gasteiger partial charge in [0.2, 0.25) is 5.75 Å². The number of halogens is 1. The zero-order valence-corrected chi connectivity index (χ0v) is 22.6. The van der Waals surface area contributed by atoms with Crippen LogP contribution in [0.25, 0.3) is 6.08 Å². The Morgan fingerprint density at radius 3 is 2.28 bits per heavy atom. The molecule has 3 aromatic rings. The summed E-state index contributed by atoms with van der Waals surface area (Å²) >= 11 is 6.40. The second-order valence-electron chi connectivity index (χ2n) is 8.27. The maximum Gasteiger partial charge on any atom is 0.339 e. The number of carbonyl (C=O) groups excluding carboxylic acids is 3. The highest BCUT2D eigenvalue weighted by Crippen LogP contribution is 2.39. The molecular formula is C27H23ClN2O8S. The summed E-state index contributed by atoms with van der Waals surface area (Å²) in [7, 11) is -2.78. The van der Waals surface area contributed by atoms with E-state index in [1.54, 1.807) is 31.2 Å². The zero-order chi connectivity index (χ0) is 28.3. The largest absolute Gasteiger partial charge is 0.497 e. The lowest BCUT2D eigenvalue weighted by Gasteiger charge is -2.26. The van der Waals surface area contributed by atoms with Crippen molar-refractivity contribution in [2.24, 2.45) is 0 Å². The number of aryl methyl sites for hydroxylation is 1. The molecule has 12 heteroatoms. The summed E-state index contributed by atoms with van der Waals surface area (Å²) in [6.07, 6.45) is 1.22. The highest BCUT2D eigenvalue weighted by molar-refractivity contribution is 7.87. The normalized spacial score (nSPS) is 14.8. The third-order valence-electron chi connectivity index (χ3n) is 5.58. The number of hydrogen-bond donors (Lipinski definition) is 1. The second-order valence-corrected chi connectivity index (χ2v) is 10.2. The fourth-order valence-electron chi connectivity index (χ4n) is 3.67. The van der Waals surface area contributed by atoms with E-state index in [-0.39, 0.29) is 44.8 Å². The third kappa shape index (κ3) is 5.89.